The van der Waals surface area contributed by atoms with E-state index in [0.29, 0.717) is 6.54 Å². The van der Waals surface area contributed by atoms with Crippen molar-refractivity contribution >= 4 is 23.3 Å². The van der Waals surface area contributed by atoms with E-state index in [9.17, 15) is 9.59 Å². The maximum absolute atomic E-state index is 12.2. The molecule has 10 heteroatoms. The van der Waals surface area contributed by atoms with Gasteiger partial charge in [-0.3, -0.25) is 4.79 Å². The zero-order valence-electron chi connectivity index (χ0n) is 14.2. The Bertz CT molecular complexity index is 748. The smallest absolute Gasteiger partial charge is 0.317 e. The summed E-state index contributed by atoms with van der Waals surface area (Å²) in [5.74, 6) is -0.329. The van der Waals surface area contributed by atoms with E-state index >= 15 is 0 Å². The van der Waals surface area contributed by atoms with E-state index in [1.165, 1.54) is 30.5 Å². The van der Waals surface area contributed by atoms with E-state index < -0.39 is 5.91 Å². The van der Waals surface area contributed by atoms with Crippen LogP contribution in [0.4, 0.5) is 4.79 Å². The molecule has 2 N–H and O–H groups in total. The number of hydrogen-bond donors (Lipinski definition) is 2. The average Bonchev–Trinajstić information content (AvgIpc) is 3.25. The number of fused-ring (bicyclic) bond motifs is 1. The third-order valence-electron chi connectivity index (χ3n) is 3.90. The molecule has 0 saturated heterocycles. The molecule has 0 atom stereocenters. The molecule has 3 rings (SSSR count). The minimum absolute atomic E-state index is 0.0571. The van der Waals surface area contributed by atoms with Crippen molar-refractivity contribution in [1.82, 2.24) is 30.7 Å². The van der Waals surface area contributed by atoms with Gasteiger partial charge >= 0.3 is 6.03 Å². The maximum Gasteiger partial charge on any atom is 0.317 e. The summed E-state index contributed by atoms with van der Waals surface area (Å²) in [5.41, 5.74) is 1.19. The monoisotopic (exact) mass is 364 g/mol. The fourth-order valence-corrected chi connectivity index (χ4v) is 3.78. The maximum atomic E-state index is 12.2. The van der Waals surface area contributed by atoms with Gasteiger partial charge in [-0.2, -0.15) is 4.98 Å². The lowest BCUT2D eigenvalue weighted by atomic mass is 10.0. The molecule has 2 aromatic rings. The van der Waals surface area contributed by atoms with Crippen molar-refractivity contribution in [2.75, 3.05) is 14.1 Å². The van der Waals surface area contributed by atoms with Gasteiger partial charge in [0.2, 0.25) is 5.89 Å². The van der Waals surface area contributed by atoms with Gasteiger partial charge in [0.1, 0.15) is 5.01 Å². The molecule has 0 saturated carbocycles. The average molecular weight is 364 g/mol. The van der Waals surface area contributed by atoms with Crippen molar-refractivity contribution in [1.29, 1.82) is 0 Å². The van der Waals surface area contributed by atoms with Crippen LogP contribution in [0, 0.1) is 0 Å². The van der Waals surface area contributed by atoms with Gasteiger partial charge in [-0.05, 0) is 25.7 Å². The molecular formula is C15H20N6O3S. The van der Waals surface area contributed by atoms with E-state index in [4.69, 9.17) is 4.52 Å². The van der Waals surface area contributed by atoms with E-state index in [1.54, 1.807) is 23.3 Å². The number of nitrogens with one attached hydrogen (secondary N) is 2. The Morgan fingerprint density at radius 1 is 1.28 bits per heavy atom. The second-order valence-electron chi connectivity index (χ2n) is 5.79. The Labute approximate surface area is 148 Å². The molecule has 0 radical (unpaired) electrons. The molecule has 2 heterocycles. The molecule has 1 aliphatic rings. The summed E-state index contributed by atoms with van der Waals surface area (Å²) in [7, 11) is 3.19. The lowest BCUT2D eigenvalue weighted by molar-refractivity contribution is 0.0950. The van der Waals surface area contributed by atoms with Gasteiger partial charge < -0.3 is 20.1 Å². The predicted octanol–water partition coefficient (Wildman–Crippen LogP) is 1.11. The largest absolute Gasteiger partial charge is 0.352 e. The van der Waals surface area contributed by atoms with Gasteiger partial charge in [0.05, 0.1) is 18.8 Å². The number of hydrogen-bond acceptors (Lipinski definition) is 7. The van der Waals surface area contributed by atoms with Crippen LogP contribution < -0.4 is 10.6 Å². The van der Waals surface area contributed by atoms with Crippen LogP contribution in [-0.2, 0) is 25.9 Å². The van der Waals surface area contributed by atoms with Crippen LogP contribution in [0.5, 0.6) is 0 Å². The second-order valence-corrected chi connectivity index (χ2v) is 6.96. The van der Waals surface area contributed by atoms with Crippen LogP contribution in [0.3, 0.4) is 0 Å². The summed E-state index contributed by atoms with van der Waals surface area (Å²) in [6.07, 6.45) is 4.53. The molecule has 25 heavy (non-hydrogen) atoms. The minimum Gasteiger partial charge on any atom is -0.352 e. The number of rotatable bonds is 5. The fraction of sp³-hybridized carbons (Fsp3) is 0.533. The van der Waals surface area contributed by atoms with Gasteiger partial charge in [-0.1, -0.05) is 5.16 Å². The van der Waals surface area contributed by atoms with E-state index in [-0.39, 0.29) is 24.3 Å². The molecule has 0 aromatic carbocycles. The van der Waals surface area contributed by atoms with E-state index in [0.717, 1.165) is 17.8 Å². The van der Waals surface area contributed by atoms with Crippen molar-refractivity contribution in [3.05, 3.63) is 27.3 Å². The number of amides is 3. The summed E-state index contributed by atoms with van der Waals surface area (Å²) < 4.78 is 4.93. The quantitative estimate of drug-likeness (QED) is 0.821. The minimum atomic E-state index is -0.439. The summed E-state index contributed by atoms with van der Waals surface area (Å²) in [5, 5.41) is 9.58. The number of aromatic nitrogens is 3. The number of thiazole rings is 1. The fourth-order valence-electron chi connectivity index (χ4n) is 2.56. The van der Waals surface area contributed by atoms with Crippen molar-refractivity contribution in [2.24, 2.45) is 0 Å². The molecular weight excluding hydrogens is 344 g/mol. The normalized spacial score (nSPS) is 13.2. The van der Waals surface area contributed by atoms with Crippen molar-refractivity contribution < 1.29 is 14.1 Å². The number of urea groups is 1. The highest BCUT2D eigenvalue weighted by Crippen LogP contribution is 2.27. The Hall–Kier alpha value is -2.49. The summed E-state index contributed by atoms with van der Waals surface area (Å²) in [6.45, 7) is 0.512. The van der Waals surface area contributed by atoms with Gasteiger partial charge in [0.25, 0.3) is 11.7 Å². The highest BCUT2D eigenvalue weighted by atomic mass is 32.1. The second kappa shape index (κ2) is 7.60. The first-order valence-corrected chi connectivity index (χ1v) is 8.89. The van der Waals surface area contributed by atoms with Crippen LogP contribution in [0.25, 0.3) is 0 Å². The van der Waals surface area contributed by atoms with Crippen molar-refractivity contribution in [3.8, 4) is 0 Å². The van der Waals surface area contributed by atoms with Gasteiger partial charge in [0.15, 0.2) is 0 Å². The Kier molecular flexibility index (Phi) is 5.27. The highest BCUT2D eigenvalue weighted by molar-refractivity contribution is 7.11. The molecule has 1 aliphatic carbocycles. The Morgan fingerprint density at radius 3 is 2.84 bits per heavy atom. The summed E-state index contributed by atoms with van der Waals surface area (Å²) >= 11 is 1.69. The Morgan fingerprint density at radius 2 is 2.08 bits per heavy atom. The number of aryl methyl sites for hydroxylation is 2. The first-order valence-electron chi connectivity index (χ1n) is 8.08. The first kappa shape index (κ1) is 17.3. The topological polar surface area (TPSA) is 113 Å². The summed E-state index contributed by atoms with van der Waals surface area (Å²) in [6, 6.07) is -0.270. The molecule has 2 aromatic heterocycles. The third kappa shape index (κ3) is 4.13. The molecule has 0 bridgehead atoms. The van der Waals surface area contributed by atoms with Gasteiger partial charge in [0, 0.05) is 19.0 Å². The van der Waals surface area contributed by atoms with E-state index in [2.05, 4.69) is 25.8 Å². The number of nitrogens with zero attached hydrogens (tertiary/aromatic N) is 4. The van der Waals surface area contributed by atoms with Crippen molar-refractivity contribution in [2.45, 2.75) is 38.8 Å². The highest BCUT2D eigenvalue weighted by Gasteiger charge is 2.18. The van der Waals surface area contributed by atoms with E-state index in [1.807, 2.05) is 0 Å². The molecule has 0 fully saturated rings. The zero-order chi connectivity index (χ0) is 17.8. The lowest BCUT2D eigenvalue weighted by Gasteiger charge is -2.15. The Balaban J connectivity index is 1.51. The van der Waals surface area contributed by atoms with Crippen LogP contribution in [0.15, 0.2) is 4.52 Å². The standard InChI is InChI=1S/C15H20N6O3S/c1-16-14(22)13-19-11(24-20-13)7-17-15(23)21(2)8-12-18-9-5-3-4-6-10(9)25-12/h3-8H2,1-2H3,(H,16,22)(H,17,23). The van der Waals surface area contributed by atoms with Crippen LogP contribution in [0.2, 0.25) is 0 Å². The molecule has 3 amide bonds. The molecule has 134 valence electrons. The predicted molar refractivity (Wildman–Crippen MR) is 90.1 cm³/mol. The van der Waals surface area contributed by atoms with Crippen LogP contribution in [0.1, 0.15) is 44.9 Å². The summed E-state index contributed by atoms with van der Waals surface area (Å²) in [4.78, 5) is 35.0. The van der Waals surface area contributed by atoms with Gasteiger partial charge in [-0.25, -0.2) is 9.78 Å². The van der Waals surface area contributed by atoms with Gasteiger partial charge in [-0.15, -0.1) is 11.3 Å². The third-order valence-corrected chi connectivity index (χ3v) is 5.04. The molecule has 0 unspecified atom stereocenters. The zero-order valence-corrected chi connectivity index (χ0v) is 15.0. The molecule has 0 aliphatic heterocycles. The molecule has 0 spiro atoms. The van der Waals surface area contributed by atoms with Crippen LogP contribution >= 0.6 is 11.3 Å². The van der Waals surface area contributed by atoms with Crippen molar-refractivity contribution in [3.63, 3.8) is 0 Å². The first-order chi connectivity index (χ1) is 12.1. The lowest BCUT2D eigenvalue weighted by Crippen LogP contribution is -2.36. The molecule has 9 nitrogen and oxygen atoms in total. The number of carbonyl (C=O) groups excluding carboxylic acids is 2. The number of carbonyl (C=O) groups is 2. The van der Waals surface area contributed by atoms with Crippen LogP contribution in [-0.4, -0.2) is 46.1 Å². The SMILES string of the molecule is CNC(=O)c1noc(CNC(=O)N(C)Cc2nc3c(s2)CCCC3)n1.